The third kappa shape index (κ3) is 5.01. The third-order valence-corrected chi connectivity index (χ3v) is 4.26. The lowest BCUT2D eigenvalue weighted by Gasteiger charge is -2.31. The van der Waals surface area contributed by atoms with Crippen LogP contribution in [0.15, 0.2) is 0 Å². The Labute approximate surface area is 101 Å². The Morgan fingerprint density at radius 1 is 1.41 bits per heavy atom. The smallest absolute Gasteiger partial charge is 0.329 e. The van der Waals surface area contributed by atoms with Crippen LogP contribution in [0.25, 0.3) is 0 Å². The second-order valence-electron chi connectivity index (χ2n) is 4.16. The molecule has 0 amide bonds. The van der Waals surface area contributed by atoms with Crippen molar-refractivity contribution in [3.63, 3.8) is 0 Å². The Bertz CT molecular complexity index is 354. The van der Waals surface area contributed by atoms with Gasteiger partial charge in [0.1, 0.15) is 6.61 Å². The van der Waals surface area contributed by atoms with Gasteiger partial charge in [-0.1, -0.05) is 12.8 Å². The highest BCUT2D eigenvalue weighted by atomic mass is 32.2. The van der Waals surface area contributed by atoms with Crippen LogP contribution in [0, 0.1) is 0 Å². The molecule has 0 bridgehead atoms. The van der Waals surface area contributed by atoms with Crippen molar-refractivity contribution in [1.82, 2.24) is 4.72 Å². The molecule has 0 radical (unpaired) electrons. The first-order valence-electron chi connectivity index (χ1n) is 5.78. The Kier molecular flexibility index (Phi) is 5.35. The van der Waals surface area contributed by atoms with Gasteiger partial charge in [0, 0.05) is 6.04 Å². The summed E-state index contributed by atoms with van der Waals surface area (Å²) in [5, 5.41) is 8.55. The van der Waals surface area contributed by atoms with Crippen molar-refractivity contribution < 1.29 is 23.1 Å². The van der Waals surface area contributed by atoms with E-state index in [-0.39, 0.29) is 24.5 Å². The van der Waals surface area contributed by atoms with E-state index in [0.717, 1.165) is 12.8 Å². The summed E-state index contributed by atoms with van der Waals surface area (Å²) in [5.74, 6) is -1.01. The SMILES string of the molecule is CCS(=O)(=O)N[C@@H]1CCCC[C@H]1OCC(=O)O. The normalized spacial score (nSPS) is 25.7. The first kappa shape index (κ1) is 14.4. The number of rotatable bonds is 6. The van der Waals surface area contributed by atoms with E-state index in [1.54, 1.807) is 6.92 Å². The van der Waals surface area contributed by atoms with Crippen LogP contribution in [0.3, 0.4) is 0 Å². The molecule has 1 aliphatic rings. The molecule has 1 fully saturated rings. The predicted octanol–water partition coefficient (Wildman–Crippen LogP) is 0.338. The molecule has 0 aromatic carbocycles. The lowest BCUT2D eigenvalue weighted by molar-refractivity contribution is -0.145. The molecule has 1 saturated carbocycles. The van der Waals surface area contributed by atoms with Crippen LogP contribution >= 0.6 is 0 Å². The van der Waals surface area contributed by atoms with Crippen molar-refractivity contribution in [3.05, 3.63) is 0 Å². The molecule has 2 atom stereocenters. The highest BCUT2D eigenvalue weighted by Crippen LogP contribution is 2.21. The van der Waals surface area contributed by atoms with Gasteiger partial charge in [-0.05, 0) is 19.8 Å². The van der Waals surface area contributed by atoms with Gasteiger partial charge in [-0.15, -0.1) is 0 Å². The molecule has 0 aromatic heterocycles. The molecule has 7 heteroatoms. The largest absolute Gasteiger partial charge is 0.480 e. The number of aliphatic carboxylic acids is 1. The number of carbonyl (C=O) groups is 1. The summed E-state index contributed by atoms with van der Waals surface area (Å²) in [7, 11) is -3.27. The van der Waals surface area contributed by atoms with E-state index >= 15 is 0 Å². The van der Waals surface area contributed by atoms with Gasteiger partial charge in [-0.3, -0.25) is 0 Å². The summed E-state index contributed by atoms with van der Waals surface area (Å²) in [6.07, 6.45) is 2.94. The van der Waals surface area contributed by atoms with Crippen LogP contribution in [0.1, 0.15) is 32.6 Å². The maximum absolute atomic E-state index is 11.5. The lowest BCUT2D eigenvalue weighted by Crippen LogP contribution is -2.47. The molecule has 0 saturated heterocycles. The van der Waals surface area contributed by atoms with Crippen LogP contribution in [-0.2, 0) is 19.6 Å². The Hall–Kier alpha value is -0.660. The molecule has 0 heterocycles. The van der Waals surface area contributed by atoms with Crippen LogP contribution in [0.2, 0.25) is 0 Å². The number of ether oxygens (including phenoxy) is 1. The number of hydrogen-bond acceptors (Lipinski definition) is 4. The van der Waals surface area contributed by atoms with Crippen LogP contribution < -0.4 is 4.72 Å². The average molecular weight is 265 g/mol. The summed E-state index contributed by atoms with van der Waals surface area (Å²) >= 11 is 0. The van der Waals surface area contributed by atoms with Gasteiger partial charge < -0.3 is 9.84 Å². The minimum absolute atomic E-state index is 0.0230. The Morgan fingerprint density at radius 3 is 2.65 bits per heavy atom. The first-order valence-corrected chi connectivity index (χ1v) is 7.43. The number of hydrogen-bond donors (Lipinski definition) is 2. The van der Waals surface area contributed by atoms with Crippen LogP contribution in [0.4, 0.5) is 0 Å². The number of sulfonamides is 1. The predicted molar refractivity (Wildman–Crippen MR) is 62.2 cm³/mol. The summed E-state index contributed by atoms with van der Waals surface area (Å²) in [6.45, 7) is 1.19. The molecule has 17 heavy (non-hydrogen) atoms. The molecular formula is C10H19NO5S. The van der Waals surface area contributed by atoms with E-state index < -0.39 is 16.0 Å². The fourth-order valence-corrected chi connectivity index (χ4v) is 2.82. The van der Waals surface area contributed by atoms with Crippen molar-refractivity contribution >= 4 is 16.0 Å². The molecule has 6 nitrogen and oxygen atoms in total. The van der Waals surface area contributed by atoms with Gasteiger partial charge >= 0.3 is 5.97 Å². The van der Waals surface area contributed by atoms with Gasteiger partial charge in [-0.25, -0.2) is 17.9 Å². The molecule has 1 aliphatic carbocycles. The van der Waals surface area contributed by atoms with E-state index in [2.05, 4.69) is 4.72 Å². The lowest BCUT2D eigenvalue weighted by atomic mass is 9.93. The zero-order valence-corrected chi connectivity index (χ0v) is 10.7. The summed E-state index contributed by atoms with van der Waals surface area (Å²) in [4.78, 5) is 10.4. The van der Waals surface area contributed by atoms with Crippen molar-refractivity contribution in [2.45, 2.75) is 44.8 Å². The topological polar surface area (TPSA) is 92.7 Å². The zero-order chi connectivity index (χ0) is 12.9. The summed E-state index contributed by atoms with van der Waals surface area (Å²) in [5.41, 5.74) is 0. The van der Waals surface area contributed by atoms with Crippen molar-refractivity contribution in [2.24, 2.45) is 0 Å². The minimum Gasteiger partial charge on any atom is -0.480 e. The molecular weight excluding hydrogens is 246 g/mol. The molecule has 2 N–H and O–H groups in total. The number of nitrogens with one attached hydrogen (secondary N) is 1. The van der Waals surface area contributed by atoms with E-state index in [9.17, 15) is 13.2 Å². The standard InChI is InChI=1S/C10H19NO5S/c1-2-17(14,15)11-8-5-3-4-6-9(8)16-7-10(12)13/h8-9,11H,2-7H2,1H3,(H,12,13)/t8-,9-/m1/s1. The van der Waals surface area contributed by atoms with Crippen molar-refractivity contribution in [3.8, 4) is 0 Å². The highest BCUT2D eigenvalue weighted by Gasteiger charge is 2.29. The Balaban J connectivity index is 2.56. The van der Waals surface area contributed by atoms with Gasteiger partial charge in [0.15, 0.2) is 0 Å². The molecule has 1 rings (SSSR count). The Morgan fingerprint density at radius 2 is 2.06 bits per heavy atom. The quantitative estimate of drug-likeness (QED) is 0.722. The first-order chi connectivity index (χ1) is 7.94. The third-order valence-electron chi connectivity index (χ3n) is 2.83. The maximum atomic E-state index is 11.5. The van der Waals surface area contributed by atoms with Crippen molar-refractivity contribution in [2.75, 3.05) is 12.4 Å². The highest BCUT2D eigenvalue weighted by molar-refractivity contribution is 7.89. The van der Waals surface area contributed by atoms with Gasteiger partial charge in [0.25, 0.3) is 0 Å². The van der Waals surface area contributed by atoms with E-state index in [1.165, 1.54) is 0 Å². The van der Waals surface area contributed by atoms with E-state index in [1.807, 2.05) is 0 Å². The molecule has 100 valence electrons. The number of carboxylic acids is 1. The molecule has 0 aromatic rings. The second-order valence-corrected chi connectivity index (χ2v) is 6.20. The van der Waals surface area contributed by atoms with E-state index in [4.69, 9.17) is 9.84 Å². The molecule has 0 spiro atoms. The fraction of sp³-hybridized carbons (Fsp3) is 0.900. The van der Waals surface area contributed by atoms with E-state index in [0.29, 0.717) is 12.8 Å². The van der Waals surface area contributed by atoms with Gasteiger partial charge in [0.05, 0.1) is 11.9 Å². The maximum Gasteiger partial charge on any atom is 0.329 e. The van der Waals surface area contributed by atoms with Crippen LogP contribution in [0.5, 0.6) is 0 Å². The average Bonchev–Trinajstić information content (AvgIpc) is 2.27. The monoisotopic (exact) mass is 265 g/mol. The fourth-order valence-electron chi connectivity index (χ4n) is 1.92. The molecule has 0 aliphatic heterocycles. The summed E-state index contributed by atoms with van der Waals surface area (Å²) < 4.78 is 30.7. The second kappa shape index (κ2) is 6.32. The van der Waals surface area contributed by atoms with Gasteiger partial charge in [-0.2, -0.15) is 0 Å². The number of carboxylic acid groups (broad SMARTS) is 1. The van der Waals surface area contributed by atoms with Gasteiger partial charge in [0.2, 0.25) is 10.0 Å². The minimum atomic E-state index is -3.27. The zero-order valence-electron chi connectivity index (χ0n) is 9.89. The van der Waals surface area contributed by atoms with Crippen molar-refractivity contribution in [1.29, 1.82) is 0 Å². The summed E-state index contributed by atoms with van der Waals surface area (Å²) in [6, 6.07) is -0.298. The molecule has 0 unspecified atom stereocenters. The van der Waals surface area contributed by atoms with Crippen LogP contribution in [-0.4, -0.2) is 44.0 Å².